The van der Waals surface area contributed by atoms with E-state index in [-0.39, 0.29) is 12.2 Å². The third-order valence-electron chi connectivity index (χ3n) is 1.72. The molecule has 3 heteroatoms. The van der Waals surface area contributed by atoms with E-state index < -0.39 is 5.82 Å². The van der Waals surface area contributed by atoms with E-state index in [2.05, 4.69) is 11.8 Å². The normalized spacial score (nSPS) is 9.27. The van der Waals surface area contributed by atoms with E-state index >= 15 is 0 Å². The average molecular weight is 208 g/mol. The standard InChI is InChI=1S/C12H13FO2/c1-2-8-15-11-6-5-10(4-3-7-14)12(13)9-11/h5-6,9,14H,2,7-8H2,1H3. The molecular formula is C12H13FO2. The summed E-state index contributed by atoms with van der Waals surface area (Å²) >= 11 is 0. The van der Waals surface area contributed by atoms with E-state index in [4.69, 9.17) is 9.84 Å². The molecule has 1 aromatic carbocycles. The van der Waals surface area contributed by atoms with Gasteiger partial charge in [-0.05, 0) is 18.6 Å². The van der Waals surface area contributed by atoms with Gasteiger partial charge in [-0.3, -0.25) is 0 Å². The van der Waals surface area contributed by atoms with Crippen LogP contribution in [0, 0.1) is 17.7 Å². The zero-order valence-electron chi connectivity index (χ0n) is 8.59. The summed E-state index contributed by atoms with van der Waals surface area (Å²) in [5.41, 5.74) is 0.271. The Morgan fingerprint density at radius 2 is 2.27 bits per heavy atom. The highest BCUT2D eigenvalue weighted by atomic mass is 19.1. The van der Waals surface area contributed by atoms with Crippen molar-refractivity contribution in [2.75, 3.05) is 13.2 Å². The number of aliphatic hydroxyl groups excluding tert-OH is 1. The summed E-state index contributed by atoms with van der Waals surface area (Å²) in [6.45, 7) is 2.28. The van der Waals surface area contributed by atoms with Crippen LogP contribution in [-0.2, 0) is 0 Å². The van der Waals surface area contributed by atoms with Crippen LogP contribution in [-0.4, -0.2) is 18.3 Å². The maximum absolute atomic E-state index is 13.3. The summed E-state index contributed by atoms with van der Waals surface area (Å²) in [5, 5.41) is 8.47. The summed E-state index contributed by atoms with van der Waals surface area (Å²) in [6.07, 6.45) is 0.883. The van der Waals surface area contributed by atoms with E-state index in [0.717, 1.165) is 6.42 Å². The summed E-state index contributed by atoms with van der Waals surface area (Å²) in [4.78, 5) is 0. The van der Waals surface area contributed by atoms with Gasteiger partial charge in [0.25, 0.3) is 0 Å². The molecule has 0 aliphatic heterocycles. The van der Waals surface area contributed by atoms with Gasteiger partial charge in [-0.15, -0.1) is 0 Å². The molecule has 0 saturated carbocycles. The van der Waals surface area contributed by atoms with Crippen LogP contribution in [0.5, 0.6) is 5.75 Å². The lowest BCUT2D eigenvalue weighted by Crippen LogP contribution is -1.96. The fraction of sp³-hybridized carbons (Fsp3) is 0.333. The summed E-state index contributed by atoms with van der Waals surface area (Å²) < 4.78 is 18.6. The maximum Gasteiger partial charge on any atom is 0.142 e. The van der Waals surface area contributed by atoms with Crippen LogP contribution >= 0.6 is 0 Å². The molecule has 1 aromatic rings. The van der Waals surface area contributed by atoms with Crippen molar-refractivity contribution in [1.82, 2.24) is 0 Å². The lowest BCUT2D eigenvalue weighted by molar-refractivity contribution is 0.315. The second-order valence-corrected chi connectivity index (χ2v) is 2.95. The highest BCUT2D eigenvalue weighted by Gasteiger charge is 2.01. The van der Waals surface area contributed by atoms with Gasteiger partial charge >= 0.3 is 0 Å². The summed E-state index contributed by atoms with van der Waals surface area (Å²) in [7, 11) is 0. The molecule has 0 spiro atoms. The van der Waals surface area contributed by atoms with E-state index in [1.165, 1.54) is 6.07 Å². The topological polar surface area (TPSA) is 29.5 Å². The smallest absolute Gasteiger partial charge is 0.142 e. The quantitative estimate of drug-likeness (QED) is 0.769. The summed E-state index contributed by atoms with van der Waals surface area (Å²) in [6, 6.07) is 4.51. The van der Waals surface area contributed by atoms with Crippen LogP contribution in [0.1, 0.15) is 18.9 Å². The molecule has 0 bridgehead atoms. The molecule has 0 fully saturated rings. The summed E-state index contributed by atoms with van der Waals surface area (Å²) in [5.74, 6) is 4.99. The lowest BCUT2D eigenvalue weighted by atomic mass is 10.2. The molecule has 0 unspecified atom stereocenters. The first-order valence-corrected chi connectivity index (χ1v) is 4.80. The largest absolute Gasteiger partial charge is 0.494 e. The minimum Gasteiger partial charge on any atom is -0.494 e. The fourth-order valence-corrected chi connectivity index (χ4v) is 1.04. The number of hydrogen-bond donors (Lipinski definition) is 1. The van der Waals surface area contributed by atoms with Crippen molar-refractivity contribution >= 4 is 0 Å². The highest BCUT2D eigenvalue weighted by Crippen LogP contribution is 2.16. The Morgan fingerprint density at radius 1 is 1.47 bits per heavy atom. The highest BCUT2D eigenvalue weighted by molar-refractivity contribution is 5.39. The molecule has 0 aromatic heterocycles. The number of hydrogen-bond acceptors (Lipinski definition) is 2. The molecule has 80 valence electrons. The Morgan fingerprint density at radius 3 is 2.87 bits per heavy atom. The molecule has 15 heavy (non-hydrogen) atoms. The third-order valence-corrected chi connectivity index (χ3v) is 1.72. The Labute approximate surface area is 88.7 Å². The van der Waals surface area contributed by atoms with Crippen LogP contribution < -0.4 is 4.74 Å². The predicted octanol–water partition coefficient (Wildman–Crippen LogP) is 1.96. The minimum atomic E-state index is -0.426. The van der Waals surface area contributed by atoms with Gasteiger partial charge in [0.05, 0.1) is 12.2 Å². The molecule has 0 amide bonds. The second-order valence-electron chi connectivity index (χ2n) is 2.95. The molecule has 1 rings (SSSR count). The van der Waals surface area contributed by atoms with Crippen molar-refractivity contribution in [3.05, 3.63) is 29.6 Å². The Kier molecular flexibility index (Phi) is 4.65. The van der Waals surface area contributed by atoms with E-state index in [9.17, 15) is 4.39 Å². The van der Waals surface area contributed by atoms with Crippen molar-refractivity contribution in [2.24, 2.45) is 0 Å². The number of rotatable bonds is 3. The first kappa shape index (κ1) is 11.5. The van der Waals surface area contributed by atoms with Crippen LogP contribution in [0.2, 0.25) is 0 Å². The zero-order valence-corrected chi connectivity index (χ0v) is 8.59. The van der Waals surface area contributed by atoms with Gasteiger partial charge < -0.3 is 9.84 Å². The Bertz CT molecular complexity index is 377. The number of ether oxygens (including phenoxy) is 1. The number of halogens is 1. The van der Waals surface area contributed by atoms with Gasteiger partial charge in [-0.1, -0.05) is 18.8 Å². The van der Waals surface area contributed by atoms with Crippen molar-refractivity contribution in [3.63, 3.8) is 0 Å². The Balaban J connectivity index is 2.78. The van der Waals surface area contributed by atoms with Gasteiger partial charge in [0.2, 0.25) is 0 Å². The van der Waals surface area contributed by atoms with Crippen molar-refractivity contribution in [3.8, 4) is 17.6 Å². The Hall–Kier alpha value is -1.53. The minimum absolute atomic E-state index is 0.270. The van der Waals surface area contributed by atoms with E-state index in [1.54, 1.807) is 12.1 Å². The van der Waals surface area contributed by atoms with Gasteiger partial charge in [-0.2, -0.15) is 0 Å². The zero-order chi connectivity index (χ0) is 11.1. The van der Waals surface area contributed by atoms with Crippen molar-refractivity contribution in [2.45, 2.75) is 13.3 Å². The van der Waals surface area contributed by atoms with Crippen LogP contribution in [0.25, 0.3) is 0 Å². The molecule has 0 heterocycles. The number of benzene rings is 1. The molecule has 1 N–H and O–H groups in total. The fourth-order valence-electron chi connectivity index (χ4n) is 1.04. The SMILES string of the molecule is CCCOc1ccc(C#CCO)c(F)c1. The number of aliphatic hydroxyl groups is 1. The monoisotopic (exact) mass is 208 g/mol. The van der Waals surface area contributed by atoms with Gasteiger partial charge in [0.15, 0.2) is 0 Å². The lowest BCUT2D eigenvalue weighted by Gasteiger charge is -2.04. The molecule has 0 radical (unpaired) electrons. The first-order chi connectivity index (χ1) is 7.27. The average Bonchev–Trinajstić information content (AvgIpc) is 2.25. The van der Waals surface area contributed by atoms with Gasteiger partial charge in [0, 0.05) is 6.07 Å². The maximum atomic E-state index is 13.3. The van der Waals surface area contributed by atoms with Crippen LogP contribution in [0.15, 0.2) is 18.2 Å². The van der Waals surface area contributed by atoms with Crippen LogP contribution in [0.3, 0.4) is 0 Å². The molecule has 0 atom stereocenters. The third kappa shape index (κ3) is 3.61. The van der Waals surface area contributed by atoms with Gasteiger partial charge in [0.1, 0.15) is 18.2 Å². The molecule has 0 saturated heterocycles. The molecule has 0 aliphatic carbocycles. The van der Waals surface area contributed by atoms with E-state index in [0.29, 0.717) is 12.4 Å². The molecule has 2 nitrogen and oxygen atoms in total. The first-order valence-electron chi connectivity index (χ1n) is 4.80. The predicted molar refractivity (Wildman–Crippen MR) is 56.1 cm³/mol. The van der Waals surface area contributed by atoms with Gasteiger partial charge in [-0.25, -0.2) is 4.39 Å². The van der Waals surface area contributed by atoms with Crippen LogP contribution in [0.4, 0.5) is 4.39 Å². The molecule has 0 aliphatic rings. The molecular weight excluding hydrogens is 195 g/mol. The second kappa shape index (κ2) is 6.05. The van der Waals surface area contributed by atoms with Crippen molar-refractivity contribution in [1.29, 1.82) is 0 Å². The van der Waals surface area contributed by atoms with Crippen molar-refractivity contribution < 1.29 is 14.2 Å². The van der Waals surface area contributed by atoms with E-state index in [1.807, 2.05) is 6.92 Å².